The van der Waals surface area contributed by atoms with E-state index < -0.39 is 0 Å². The van der Waals surface area contributed by atoms with E-state index in [0.29, 0.717) is 12.0 Å². The number of aliphatic hydroxyl groups is 1. The Morgan fingerprint density at radius 1 is 1.21 bits per heavy atom. The first-order valence-corrected chi connectivity index (χ1v) is 6.05. The van der Waals surface area contributed by atoms with Crippen molar-refractivity contribution in [2.45, 2.75) is 59.3 Å². The van der Waals surface area contributed by atoms with E-state index in [1.54, 1.807) is 0 Å². The largest absolute Gasteiger partial charge is 0.396 e. The third-order valence-corrected chi connectivity index (χ3v) is 3.08. The SMILES string of the molecule is C/C=C/CCC1(CO)CCCC1.CC. The molecule has 1 nitrogen and oxygen atoms in total. The smallest absolute Gasteiger partial charge is 0.0487 e. The average Bonchev–Trinajstić information content (AvgIpc) is 2.71. The van der Waals surface area contributed by atoms with Gasteiger partial charge in [-0.1, -0.05) is 38.8 Å². The van der Waals surface area contributed by atoms with Crippen LogP contribution in [0.5, 0.6) is 0 Å². The van der Waals surface area contributed by atoms with Gasteiger partial charge in [-0.2, -0.15) is 0 Å². The molecule has 0 radical (unpaired) electrons. The summed E-state index contributed by atoms with van der Waals surface area (Å²) in [4.78, 5) is 0. The second-order valence-corrected chi connectivity index (χ2v) is 3.97. The summed E-state index contributed by atoms with van der Waals surface area (Å²) in [6, 6.07) is 0. The fourth-order valence-electron chi connectivity index (χ4n) is 2.17. The van der Waals surface area contributed by atoms with Crippen molar-refractivity contribution in [3.63, 3.8) is 0 Å². The Labute approximate surface area is 89.2 Å². The molecular weight excluding hydrogens is 172 g/mol. The van der Waals surface area contributed by atoms with E-state index in [4.69, 9.17) is 0 Å². The molecule has 0 aromatic carbocycles. The average molecular weight is 198 g/mol. The van der Waals surface area contributed by atoms with Crippen molar-refractivity contribution in [2.75, 3.05) is 6.61 Å². The van der Waals surface area contributed by atoms with Crippen LogP contribution < -0.4 is 0 Å². The first-order valence-electron chi connectivity index (χ1n) is 6.05. The zero-order valence-corrected chi connectivity index (χ0v) is 10.1. The molecular formula is C13H26O. The maximum absolute atomic E-state index is 9.29. The summed E-state index contributed by atoms with van der Waals surface area (Å²) in [5, 5.41) is 9.29. The summed E-state index contributed by atoms with van der Waals surface area (Å²) in [7, 11) is 0. The Morgan fingerprint density at radius 2 is 1.79 bits per heavy atom. The van der Waals surface area contributed by atoms with Crippen molar-refractivity contribution in [1.82, 2.24) is 0 Å². The summed E-state index contributed by atoms with van der Waals surface area (Å²) in [6.45, 7) is 6.45. The molecule has 1 aliphatic carbocycles. The van der Waals surface area contributed by atoms with Crippen molar-refractivity contribution >= 4 is 0 Å². The molecule has 0 bridgehead atoms. The molecule has 0 unspecified atom stereocenters. The normalized spacial score (nSPS) is 19.4. The number of rotatable bonds is 4. The van der Waals surface area contributed by atoms with Gasteiger partial charge in [-0.25, -0.2) is 0 Å². The summed E-state index contributed by atoms with van der Waals surface area (Å²) in [5.41, 5.74) is 0.291. The standard InChI is InChI=1S/C11H20O.C2H6/c1-2-3-4-7-11(10-12)8-5-6-9-11;1-2/h2-3,12H,4-10H2,1H3;1-2H3/b3-2+;. The van der Waals surface area contributed by atoms with Crippen LogP contribution in [0.4, 0.5) is 0 Å². The quantitative estimate of drug-likeness (QED) is 0.679. The number of allylic oxidation sites excluding steroid dienone is 2. The van der Waals surface area contributed by atoms with Crippen LogP contribution in [-0.4, -0.2) is 11.7 Å². The van der Waals surface area contributed by atoms with E-state index in [1.165, 1.54) is 32.1 Å². The lowest BCUT2D eigenvalue weighted by atomic mass is 9.82. The van der Waals surface area contributed by atoms with E-state index >= 15 is 0 Å². The summed E-state index contributed by atoms with van der Waals surface area (Å²) < 4.78 is 0. The topological polar surface area (TPSA) is 20.2 Å². The van der Waals surface area contributed by atoms with Crippen molar-refractivity contribution in [3.05, 3.63) is 12.2 Å². The fraction of sp³-hybridized carbons (Fsp3) is 0.846. The second kappa shape index (κ2) is 8.05. The monoisotopic (exact) mass is 198 g/mol. The lowest BCUT2D eigenvalue weighted by Crippen LogP contribution is -2.20. The molecule has 0 amide bonds. The number of aliphatic hydroxyl groups excluding tert-OH is 1. The zero-order chi connectivity index (χ0) is 10.9. The van der Waals surface area contributed by atoms with E-state index in [9.17, 15) is 5.11 Å². The molecule has 1 fully saturated rings. The van der Waals surface area contributed by atoms with Crippen LogP contribution in [0.2, 0.25) is 0 Å². The minimum atomic E-state index is 0.291. The minimum Gasteiger partial charge on any atom is -0.396 e. The Kier molecular flexibility index (Phi) is 7.87. The lowest BCUT2D eigenvalue weighted by molar-refractivity contribution is 0.122. The molecule has 0 aromatic heterocycles. The predicted octanol–water partition coefficient (Wildman–Crippen LogP) is 3.92. The molecule has 1 N–H and O–H groups in total. The fourth-order valence-corrected chi connectivity index (χ4v) is 2.17. The lowest BCUT2D eigenvalue weighted by Gasteiger charge is -2.25. The van der Waals surface area contributed by atoms with Crippen LogP contribution >= 0.6 is 0 Å². The highest BCUT2D eigenvalue weighted by molar-refractivity contribution is 4.87. The van der Waals surface area contributed by atoms with Gasteiger partial charge >= 0.3 is 0 Å². The molecule has 1 saturated carbocycles. The van der Waals surface area contributed by atoms with Gasteiger partial charge in [0.15, 0.2) is 0 Å². The van der Waals surface area contributed by atoms with Crippen LogP contribution in [0.1, 0.15) is 59.3 Å². The van der Waals surface area contributed by atoms with Crippen molar-refractivity contribution in [1.29, 1.82) is 0 Å². The molecule has 0 aliphatic heterocycles. The Morgan fingerprint density at radius 3 is 2.21 bits per heavy atom. The van der Waals surface area contributed by atoms with Gasteiger partial charge in [-0.3, -0.25) is 0 Å². The van der Waals surface area contributed by atoms with E-state index in [2.05, 4.69) is 19.1 Å². The van der Waals surface area contributed by atoms with Gasteiger partial charge in [0.25, 0.3) is 0 Å². The molecule has 0 spiro atoms. The van der Waals surface area contributed by atoms with E-state index in [-0.39, 0.29) is 0 Å². The molecule has 84 valence electrons. The van der Waals surface area contributed by atoms with Gasteiger partial charge < -0.3 is 5.11 Å². The Bertz CT molecular complexity index is 143. The number of hydrogen-bond acceptors (Lipinski definition) is 1. The minimum absolute atomic E-state index is 0.291. The van der Waals surface area contributed by atoms with Crippen molar-refractivity contribution < 1.29 is 5.11 Å². The van der Waals surface area contributed by atoms with Crippen molar-refractivity contribution in [2.24, 2.45) is 5.41 Å². The molecule has 0 heterocycles. The van der Waals surface area contributed by atoms with Gasteiger partial charge in [-0.15, -0.1) is 0 Å². The van der Waals surface area contributed by atoms with Crippen LogP contribution in [0.25, 0.3) is 0 Å². The third-order valence-electron chi connectivity index (χ3n) is 3.08. The second-order valence-electron chi connectivity index (χ2n) is 3.97. The van der Waals surface area contributed by atoms with Gasteiger partial charge in [0.1, 0.15) is 0 Å². The van der Waals surface area contributed by atoms with E-state index in [0.717, 1.165) is 6.42 Å². The summed E-state index contributed by atoms with van der Waals surface area (Å²) in [6.07, 6.45) is 11.7. The predicted molar refractivity (Wildman–Crippen MR) is 63.4 cm³/mol. The maximum atomic E-state index is 9.29. The Balaban J connectivity index is 0.000000791. The Hall–Kier alpha value is -0.300. The van der Waals surface area contributed by atoms with Crippen LogP contribution in [-0.2, 0) is 0 Å². The zero-order valence-electron chi connectivity index (χ0n) is 10.1. The van der Waals surface area contributed by atoms with Crippen molar-refractivity contribution in [3.8, 4) is 0 Å². The third kappa shape index (κ3) is 4.28. The molecule has 1 aliphatic rings. The van der Waals surface area contributed by atoms with Crippen LogP contribution in [0, 0.1) is 5.41 Å². The molecule has 0 atom stereocenters. The summed E-state index contributed by atoms with van der Waals surface area (Å²) in [5.74, 6) is 0. The van der Waals surface area contributed by atoms with Gasteiger partial charge in [-0.05, 0) is 38.0 Å². The van der Waals surface area contributed by atoms with Crippen LogP contribution in [0.15, 0.2) is 12.2 Å². The first-order chi connectivity index (χ1) is 6.83. The molecule has 14 heavy (non-hydrogen) atoms. The first kappa shape index (κ1) is 13.7. The molecule has 0 saturated heterocycles. The molecule has 1 heteroatoms. The van der Waals surface area contributed by atoms with Gasteiger partial charge in [0.2, 0.25) is 0 Å². The molecule has 0 aromatic rings. The van der Waals surface area contributed by atoms with E-state index in [1.807, 2.05) is 13.8 Å². The molecule has 1 rings (SSSR count). The van der Waals surface area contributed by atoms with Gasteiger partial charge in [0.05, 0.1) is 0 Å². The summed E-state index contributed by atoms with van der Waals surface area (Å²) >= 11 is 0. The highest BCUT2D eigenvalue weighted by Crippen LogP contribution is 2.41. The number of hydrogen-bond donors (Lipinski definition) is 1. The highest BCUT2D eigenvalue weighted by atomic mass is 16.3. The highest BCUT2D eigenvalue weighted by Gasteiger charge is 2.31. The van der Waals surface area contributed by atoms with Crippen LogP contribution in [0.3, 0.4) is 0 Å². The maximum Gasteiger partial charge on any atom is 0.0487 e. The van der Waals surface area contributed by atoms with Gasteiger partial charge in [0, 0.05) is 6.61 Å².